The predicted octanol–water partition coefficient (Wildman–Crippen LogP) is 5.81. The van der Waals surface area contributed by atoms with Gasteiger partial charge in [-0.25, -0.2) is 9.97 Å². The predicted molar refractivity (Wildman–Crippen MR) is 223 cm³/mol. The maximum atomic E-state index is 13.2. The summed E-state index contributed by atoms with van der Waals surface area (Å²) in [4.78, 5) is 33.0. The van der Waals surface area contributed by atoms with Crippen LogP contribution in [-0.4, -0.2) is 97.5 Å². The van der Waals surface area contributed by atoms with Crippen molar-refractivity contribution in [3.63, 3.8) is 0 Å². The van der Waals surface area contributed by atoms with E-state index in [1.165, 1.54) is 5.56 Å². The molecule has 1 aromatic carbocycles. The van der Waals surface area contributed by atoms with Crippen LogP contribution in [0.15, 0.2) is 47.2 Å². The fraction of sp³-hybridized carbons (Fsp3) is 0.545. The number of aromatic amines is 1. The van der Waals surface area contributed by atoms with Crippen LogP contribution in [-0.2, 0) is 11.2 Å². The zero-order valence-electron chi connectivity index (χ0n) is 34.0. The zero-order chi connectivity index (χ0) is 40.5. The van der Waals surface area contributed by atoms with Crippen molar-refractivity contribution in [1.82, 2.24) is 29.9 Å². The lowest BCUT2D eigenvalue weighted by Crippen LogP contribution is -2.43. The fourth-order valence-electron chi connectivity index (χ4n) is 9.77. The first-order chi connectivity index (χ1) is 28.0. The molecule has 6 heterocycles. The minimum absolute atomic E-state index is 0.0214. The van der Waals surface area contributed by atoms with E-state index in [1.54, 1.807) is 29.2 Å². The number of hydrogen-bond acceptors (Lipinski definition) is 12. The summed E-state index contributed by atoms with van der Waals surface area (Å²) in [5.74, 6) is 2.85. The molecule has 3 aliphatic heterocycles. The van der Waals surface area contributed by atoms with Crippen LogP contribution in [0.25, 0.3) is 11.8 Å². The number of nitrogens with one attached hydrogen (secondary N) is 1. The number of nitrogen functional groups attached to an aromatic ring is 1. The molecule has 1 aliphatic carbocycles. The van der Waals surface area contributed by atoms with E-state index in [1.807, 2.05) is 38.4 Å². The van der Waals surface area contributed by atoms with Crippen LogP contribution in [0, 0.1) is 11.8 Å². The number of para-hydroxylation sites is 1. The Hall–Kier alpha value is -5.08. The molecule has 1 amide bonds. The molecule has 0 spiro atoms. The molecule has 3 fully saturated rings. The molecule has 4 aromatic rings. The number of amides is 1. The van der Waals surface area contributed by atoms with Crippen LogP contribution < -0.4 is 21.1 Å². The van der Waals surface area contributed by atoms with Crippen LogP contribution in [0.3, 0.4) is 0 Å². The van der Waals surface area contributed by atoms with Gasteiger partial charge < -0.3 is 50.6 Å². The van der Waals surface area contributed by atoms with E-state index < -0.39 is 12.0 Å². The van der Waals surface area contributed by atoms with Crippen LogP contribution >= 0.6 is 0 Å². The van der Waals surface area contributed by atoms with E-state index in [9.17, 15) is 15.0 Å². The molecule has 3 atom stereocenters. The molecular formula is C44H59N9O5. The number of fused-ring (bicyclic) bond motifs is 1. The number of rotatable bonds is 11. The molecule has 58 heavy (non-hydrogen) atoms. The van der Waals surface area contributed by atoms with E-state index in [0.29, 0.717) is 78.7 Å². The SMILES string of the molecule is CC(C)C(C(=O)N1CCC(O)C1)c1cc(OCC2CCC(N3CCC(c4cnc(N5CCc6[nH]c(N)c(/C=C(\N)c7ccccc7O)c6C5C)nc4)CC3)CC2)no1. The third kappa shape index (κ3) is 8.26. The van der Waals surface area contributed by atoms with Crippen LogP contribution in [0.1, 0.15) is 117 Å². The monoisotopic (exact) mass is 793 g/mol. The Labute approximate surface area is 340 Å². The summed E-state index contributed by atoms with van der Waals surface area (Å²) < 4.78 is 11.7. The quantitative estimate of drug-likeness (QED) is 0.122. The number of carbonyl (C=O) groups is 1. The Morgan fingerprint density at radius 1 is 1.05 bits per heavy atom. The van der Waals surface area contributed by atoms with Gasteiger partial charge in [0.25, 0.3) is 5.88 Å². The number of nitrogens with zero attached hydrogens (tertiary/aromatic N) is 6. The molecule has 8 rings (SSSR count). The molecule has 2 saturated heterocycles. The van der Waals surface area contributed by atoms with E-state index in [4.69, 9.17) is 30.7 Å². The molecule has 4 aliphatic rings. The van der Waals surface area contributed by atoms with Gasteiger partial charge in [0.2, 0.25) is 11.9 Å². The summed E-state index contributed by atoms with van der Waals surface area (Å²) in [5.41, 5.74) is 18.2. The van der Waals surface area contributed by atoms with Crippen LogP contribution in [0.2, 0.25) is 0 Å². The van der Waals surface area contributed by atoms with Crippen molar-refractivity contribution in [3.05, 3.63) is 76.4 Å². The standard InChI is InChI=1S/C44H59N9O5/c1-26(2)40(43(56)52-18-14-32(54)24-52)38-21-39(50-58-38)57-25-28-8-10-31(11-9-28)51-16-12-29(13-17-51)30-22-47-44(48-23-30)53-19-15-36-41(27(53)3)34(42(46)49-36)20-35(45)33-6-4-5-7-37(33)55/h4-7,20-23,26-29,31-32,40,49,54-55H,8-19,24-25,45-46H2,1-3H3/b35-20-. The molecule has 14 nitrogen and oxygen atoms in total. The van der Waals surface area contributed by atoms with E-state index in [0.717, 1.165) is 81.4 Å². The second kappa shape index (κ2) is 17.0. The minimum Gasteiger partial charge on any atom is -0.507 e. The number of aliphatic hydroxyl groups excluding tert-OH is 1. The number of likely N-dealkylation sites (tertiary alicyclic amines) is 2. The second-order valence-corrected chi connectivity index (χ2v) is 17.2. The number of phenolic OH excluding ortho intramolecular Hbond substituents is 1. The van der Waals surface area contributed by atoms with Gasteiger partial charge in [-0.3, -0.25) is 4.79 Å². The van der Waals surface area contributed by atoms with Gasteiger partial charge in [-0.15, -0.1) is 0 Å². The normalized spacial score (nSPS) is 24.0. The number of phenols is 1. The van der Waals surface area contributed by atoms with Gasteiger partial charge in [0.1, 0.15) is 17.5 Å². The Kier molecular flexibility index (Phi) is 11.7. The van der Waals surface area contributed by atoms with Crippen LogP contribution in [0.5, 0.6) is 11.6 Å². The maximum absolute atomic E-state index is 13.2. The van der Waals surface area contributed by atoms with Crippen molar-refractivity contribution >= 4 is 29.4 Å². The average Bonchev–Trinajstić information content (AvgIpc) is 3.96. The smallest absolute Gasteiger partial charge is 0.254 e. The summed E-state index contributed by atoms with van der Waals surface area (Å²) in [6.07, 6.45) is 13.6. The minimum atomic E-state index is -0.456. The number of β-amino-alcohol motifs (C(OH)–C–C–N with tert-alkyl or cyclic N) is 1. The van der Waals surface area contributed by atoms with Gasteiger partial charge >= 0.3 is 0 Å². The number of nitrogens with two attached hydrogens (primary N) is 2. The lowest BCUT2D eigenvalue weighted by atomic mass is 9.83. The lowest BCUT2D eigenvalue weighted by molar-refractivity contribution is -0.133. The molecule has 0 bridgehead atoms. The Bertz CT molecular complexity index is 2060. The topological polar surface area (TPSA) is 196 Å². The molecular weight excluding hydrogens is 735 g/mol. The molecule has 3 unspecified atom stereocenters. The first-order valence-electron chi connectivity index (χ1n) is 21.2. The van der Waals surface area contributed by atoms with Crippen molar-refractivity contribution < 1.29 is 24.3 Å². The van der Waals surface area contributed by atoms with Crippen LogP contribution in [0.4, 0.5) is 11.8 Å². The number of ether oxygens (including phenoxy) is 1. The largest absolute Gasteiger partial charge is 0.507 e. The summed E-state index contributed by atoms with van der Waals surface area (Å²) in [6.45, 7) is 10.6. The summed E-state index contributed by atoms with van der Waals surface area (Å²) in [7, 11) is 0. The molecule has 1 saturated carbocycles. The van der Waals surface area contributed by atoms with Gasteiger partial charge in [0.15, 0.2) is 5.76 Å². The van der Waals surface area contributed by atoms with E-state index in [-0.39, 0.29) is 23.6 Å². The number of benzene rings is 1. The fourth-order valence-corrected chi connectivity index (χ4v) is 9.77. The van der Waals surface area contributed by atoms with Gasteiger partial charge in [0, 0.05) is 78.6 Å². The molecule has 0 radical (unpaired) electrons. The number of piperidine rings is 1. The third-order valence-electron chi connectivity index (χ3n) is 13.1. The second-order valence-electron chi connectivity index (χ2n) is 17.2. The van der Waals surface area contributed by atoms with Crippen molar-refractivity contribution in [1.29, 1.82) is 0 Å². The van der Waals surface area contributed by atoms with Gasteiger partial charge in [-0.1, -0.05) is 26.0 Å². The molecule has 310 valence electrons. The molecule has 7 N–H and O–H groups in total. The number of carbonyl (C=O) groups excluding carboxylic acids is 1. The van der Waals surface area contributed by atoms with E-state index in [2.05, 4.69) is 26.9 Å². The summed E-state index contributed by atoms with van der Waals surface area (Å²) >= 11 is 0. The maximum Gasteiger partial charge on any atom is 0.254 e. The van der Waals surface area contributed by atoms with Crippen molar-refractivity contribution in [2.45, 2.75) is 102 Å². The number of H-pyrrole nitrogens is 1. The zero-order valence-corrected chi connectivity index (χ0v) is 34.0. The van der Waals surface area contributed by atoms with Gasteiger partial charge in [-0.2, -0.15) is 0 Å². The number of hydrogen-bond donors (Lipinski definition) is 5. The Morgan fingerprint density at radius 2 is 1.79 bits per heavy atom. The Balaban J connectivity index is 0.804. The van der Waals surface area contributed by atoms with Gasteiger partial charge in [-0.05, 0) is 112 Å². The average molecular weight is 794 g/mol. The molecule has 3 aromatic heterocycles. The number of aromatic hydroxyl groups is 1. The summed E-state index contributed by atoms with van der Waals surface area (Å²) in [5, 5.41) is 24.4. The highest BCUT2D eigenvalue weighted by molar-refractivity contribution is 5.86. The van der Waals surface area contributed by atoms with Crippen molar-refractivity contribution in [2.24, 2.45) is 17.6 Å². The first kappa shape index (κ1) is 39.7. The number of aromatic nitrogens is 4. The first-order valence-corrected chi connectivity index (χ1v) is 21.2. The molecule has 14 heteroatoms. The third-order valence-corrected chi connectivity index (χ3v) is 13.1. The van der Waals surface area contributed by atoms with Crippen molar-refractivity contribution in [3.8, 4) is 11.6 Å². The highest BCUT2D eigenvalue weighted by Gasteiger charge is 2.36. The summed E-state index contributed by atoms with van der Waals surface area (Å²) in [6, 6.07) is 9.39. The highest BCUT2D eigenvalue weighted by Crippen LogP contribution is 2.40. The number of anilines is 2. The lowest BCUT2D eigenvalue weighted by Gasteiger charge is -2.40. The van der Waals surface area contributed by atoms with E-state index >= 15 is 0 Å². The van der Waals surface area contributed by atoms with Crippen molar-refractivity contribution in [2.75, 3.05) is 50.0 Å². The van der Waals surface area contributed by atoms with Gasteiger partial charge in [0.05, 0.1) is 18.8 Å². The number of aliphatic hydroxyl groups is 1. The highest BCUT2D eigenvalue weighted by atomic mass is 16.5. The Morgan fingerprint density at radius 3 is 2.48 bits per heavy atom.